The molecule has 1 rings (SSSR count). The summed E-state index contributed by atoms with van der Waals surface area (Å²) in [6, 6.07) is 3.55. The third-order valence-electron chi connectivity index (χ3n) is 1.99. The van der Waals surface area contributed by atoms with Crippen molar-refractivity contribution in [3.63, 3.8) is 0 Å². The molecule has 0 unspecified atom stereocenters. The van der Waals surface area contributed by atoms with Gasteiger partial charge in [-0.15, -0.1) is 0 Å². The van der Waals surface area contributed by atoms with Gasteiger partial charge in [0, 0.05) is 5.54 Å². The zero-order chi connectivity index (χ0) is 12.9. The SMILES string of the molecule is COc1ccc(OC/C=C/Cl)c([B-](F)(F)F)c1.[K+]. The Balaban J connectivity index is 0.00000289. The van der Waals surface area contributed by atoms with Crippen LogP contribution in [0.1, 0.15) is 0 Å². The van der Waals surface area contributed by atoms with Crippen molar-refractivity contribution in [2.45, 2.75) is 0 Å². The summed E-state index contributed by atoms with van der Waals surface area (Å²) >= 11 is 5.25. The first-order valence-corrected chi connectivity index (χ1v) is 5.18. The zero-order valence-corrected chi connectivity index (χ0v) is 13.9. The number of rotatable bonds is 5. The van der Waals surface area contributed by atoms with Gasteiger partial charge in [-0.1, -0.05) is 17.1 Å². The van der Waals surface area contributed by atoms with Crippen molar-refractivity contribution in [1.29, 1.82) is 0 Å². The fourth-order valence-corrected chi connectivity index (χ4v) is 1.29. The molecule has 0 atom stereocenters. The van der Waals surface area contributed by atoms with Gasteiger partial charge in [-0.3, -0.25) is 0 Å². The number of benzene rings is 1. The number of halogens is 4. The third kappa shape index (κ3) is 5.54. The molecule has 8 heteroatoms. The molecule has 0 fully saturated rings. The van der Waals surface area contributed by atoms with E-state index in [1.54, 1.807) is 0 Å². The van der Waals surface area contributed by atoms with Gasteiger partial charge in [0.25, 0.3) is 0 Å². The van der Waals surface area contributed by atoms with Crippen molar-refractivity contribution in [1.82, 2.24) is 0 Å². The molecule has 0 aliphatic rings. The molecule has 0 saturated carbocycles. The van der Waals surface area contributed by atoms with Crippen molar-refractivity contribution in [2.75, 3.05) is 13.7 Å². The molecule has 0 spiro atoms. The Kier molecular flexibility index (Phi) is 8.66. The summed E-state index contributed by atoms with van der Waals surface area (Å²) in [5.74, 6) is -0.0903. The van der Waals surface area contributed by atoms with Crippen LogP contribution in [0.4, 0.5) is 12.9 Å². The summed E-state index contributed by atoms with van der Waals surface area (Å²) in [6.07, 6.45) is 1.40. The number of methoxy groups -OCH3 is 1. The number of hydrogen-bond donors (Lipinski definition) is 0. The fourth-order valence-electron chi connectivity index (χ4n) is 1.22. The van der Waals surface area contributed by atoms with Gasteiger partial charge in [-0.05, 0) is 24.3 Å². The van der Waals surface area contributed by atoms with Gasteiger partial charge in [0.2, 0.25) is 0 Å². The van der Waals surface area contributed by atoms with Crippen LogP contribution in [0.15, 0.2) is 29.8 Å². The molecular formula is C10H10BClF3KO2. The van der Waals surface area contributed by atoms with Gasteiger partial charge in [0.1, 0.15) is 12.4 Å². The van der Waals surface area contributed by atoms with Crippen LogP contribution in [0.3, 0.4) is 0 Å². The second-order valence-corrected chi connectivity index (χ2v) is 3.40. The Morgan fingerprint density at radius 2 is 2.00 bits per heavy atom. The van der Waals surface area contributed by atoms with E-state index in [2.05, 4.69) is 0 Å². The summed E-state index contributed by atoms with van der Waals surface area (Å²) in [4.78, 5) is 0. The van der Waals surface area contributed by atoms with Crippen molar-refractivity contribution in [3.05, 3.63) is 29.8 Å². The minimum absolute atomic E-state index is 0. The van der Waals surface area contributed by atoms with E-state index < -0.39 is 12.4 Å². The van der Waals surface area contributed by atoms with Gasteiger partial charge in [0.05, 0.1) is 12.9 Å². The fraction of sp³-hybridized carbons (Fsp3) is 0.200. The van der Waals surface area contributed by atoms with Crippen molar-refractivity contribution in [3.8, 4) is 11.5 Å². The molecule has 0 bridgehead atoms. The molecule has 0 aromatic heterocycles. The minimum Gasteiger partial charge on any atom is -0.497 e. The maximum absolute atomic E-state index is 12.8. The maximum atomic E-state index is 12.8. The summed E-state index contributed by atoms with van der Waals surface area (Å²) < 4.78 is 48.0. The van der Waals surface area contributed by atoms with E-state index in [1.807, 2.05) is 0 Å². The Morgan fingerprint density at radius 3 is 2.50 bits per heavy atom. The second-order valence-electron chi connectivity index (χ2n) is 3.15. The first-order valence-electron chi connectivity index (χ1n) is 4.75. The average molecular weight is 305 g/mol. The molecule has 94 valence electrons. The molecule has 0 heterocycles. The summed E-state index contributed by atoms with van der Waals surface area (Å²) in [6.45, 7) is -5.17. The molecular weight excluding hydrogens is 294 g/mol. The molecule has 18 heavy (non-hydrogen) atoms. The predicted octanol–water partition coefficient (Wildman–Crippen LogP) is -0.115. The second kappa shape index (κ2) is 8.50. The van der Waals surface area contributed by atoms with Crippen LogP contribution < -0.4 is 66.3 Å². The van der Waals surface area contributed by atoms with Crippen LogP contribution in [0.5, 0.6) is 11.5 Å². The molecule has 0 amide bonds. The van der Waals surface area contributed by atoms with Gasteiger partial charge in [-0.2, -0.15) is 0 Å². The Bertz CT molecular complexity index is 413. The monoisotopic (exact) mass is 304 g/mol. The van der Waals surface area contributed by atoms with Crippen LogP contribution >= 0.6 is 11.6 Å². The topological polar surface area (TPSA) is 18.5 Å². The van der Waals surface area contributed by atoms with Crippen LogP contribution in [-0.4, -0.2) is 20.7 Å². The standard InChI is InChI=1S/C10H10BClF3O2.K/c1-16-8-3-4-10(17-6-2-5-12)9(7-8)11(13,14)15;/h2-5,7H,6H2,1H3;/q-1;+1/b5-2+;. The molecule has 1 aromatic rings. The molecule has 0 aliphatic carbocycles. The van der Waals surface area contributed by atoms with Crippen LogP contribution in [0.2, 0.25) is 0 Å². The Hall–Kier alpha value is 0.341. The van der Waals surface area contributed by atoms with Crippen LogP contribution in [-0.2, 0) is 0 Å². The van der Waals surface area contributed by atoms with Gasteiger partial charge < -0.3 is 22.4 Å². The molecule has 0 aliphatic heterocycles. The van der Waals surface area contributed by atoms with Crippen molar-refractivity contribution >= 4 is 24.0 Å². The van der Waals surface area contributed by atoms with Crippen LogP contribution in [0, 0.1) is 0 Å². The third-order valence-corrected chi connectivity index (χ3v) is 2.17. The van der Waals surface area contributed by atoms with E-state index in [0.717, 1.165) is 6.07 Å². The predicted molar refractivity (Wildman–Crippen MR) is 62.2 cm³/mol. The zero-order valence-electron chi connectivity index (χ0n) is 10.00. The van der Waals surface area contributed by atoms with E-state index in [1.165, 1.54) is 30.9 Å². The van der Waals surface area contributed by atoms with E-state index >= 15 is 0 Å². The largest absolute Gasteiger partial charge is 1.00 e. The summed E-state index contributed by atoms with van der Waals surface area (Å²) in [7, 11) is 1.30. The van der Waals surface area contributed by atoms with E-state index in [0.29, 0.717) is 0 Å². The first-order chi connectivity index (χ1) is 7.99. The van der Waals surface area contributed by atoms with Gasteiger partial charge >= 0.3 is 58.4 Å². The normalized spacial score (nSPS) is 11.2. The molecule has 0 saturated heterocycles. The quantitative estimate of drug-likeness (QED) is 0.707. The van der Waals surface area contributed by atoms with E-state index in [-0.39, 0.29) is 69.5 Å². The molecule has 2 nitrogen and oxygen atoms in total. The van der Waals surface area contributed by atoms with Crippen molar-refractivity contribution in [2.24, 2.45) is 0 Å². The maximum Gasteiger partial charge on any atom is 1.00 e. The van der Waals surface area contributed by atoms with Crippen LogP contribution in [0.25, 0.3) is 0 Å². The van der Waals surface area contributed by atoms with Gasteiger partial charge in [-0.25, -0.2) is 0 Å². The van der Waals surface area contributed by atoms with Gasteiger partial charge in [0.15, 0.2) is 0 Å². The molecule has 0 radical (unpaired) electrons. The van der Waals surface area contributed by atoms with E-state index in [4.69, 9.17) is 21.1 Å². The Labute approximate surface area is 151 Å². The van der Waals surface area contributed by atoms with E-state index in [9.17, 15) is 12.9 Å². The first kappa shape index (κ1) is 18.3. The molecule has 1 aromatic carbocycles. The smallest absolute Gasteiger partial charge is 0.497 e. The van der Waals surface area contributed by atoms with Crippen molar-refractivity contribution < 1.29 is 73.8 Å². The summed E-state index contributed by atoms with van der Waals surface area (Å²) in [5, 5.41) is 0. The Morgan fingerprint density at radius 1 is 1.33 bits per heavy atom. The minimum atomic E-state index is -5.15. The number of hydrogen-bond acceptors (Lipinski definition) is 2. The average Bonchev–Trinajstić information content (AvgIpc) is 2.28. The molecule has 0 N–H and O–H groups in total. The summed E-state index contributed by atoms with van der Waals surface area (Å²) in [5.41, 5.74) is 0.370. The number of ether oxygens (including phenoxy) is 2.